The molecule has 1 amide bonds. The number of nitrogens with one attached hydrogen (secondary N) is 1. The molecule has 0 saturated heterocycles. The smallest absolute Gasteiger partial charge is 0.346 e. The average Bonchev–Trinajstić information content (AvgIpc) is 2.62. The number of hydrogen-bond donors (Lipinski definition) is 2. The van der Waals surface area contributed by atoms with Gasteiger partial charge in [-0.1, -0.05) is 12.8 Å². The summed E-state index contributed by atoms with van der Waals surface area (Å²) in [6.45, 7) is -1.15. The molecule has 1 aliphatic carbocycles. The molecule has 0 spiro atoms. The summed E-state index contributed by atoms with van der Waals surface area (Å²) in [5.74, 6) is -0.556. The zero-order valence-electron chi connectivity index (χ0n) is 8.36. The summed E-state index contributed by atoms with van der Waals surface area (Å²) in [5.41, 5.74) is 4.71. The van der Waals surface area contributed by atoms with Crippen LogP contribution in [-0.2, 0) is 4.79 Å². The minimum absolute atomic E-state index is 0.122. The number of alkyl halides is 3. The van der Waals surface area contributed by atoms with E-state index in [-0.39, 0.29) is 6.54 Å². The quantitative estimate of drug-likeness (QED) is 0.756. The third kappa shape index (κ3) is 3.09. The Morgan fingerprint density at radius 3 is 2.27 bits per heavy atom. The van der Waals surface area contributed by atoms with Gasteiger partial charge in [-0.05, 0) is 12.8 Å². The third-order valence-electron chi connectivity index (χ3n) is 2.88. The van der Waals surface area contributed by atoms with Gasteiger partial charge in [-0.3, -0.25) is 4.79 Å². The van der Waals surface area contributed by atoms with Gasteiger partial charge in [0.1, 0.15) is 6.54 Å². The SMILES string of the molecule is NCC1(C(=O)NCC(F)(F)F)CCCC1. The second-order valence-electron chi connectivity index (χ2n) is 3.99. The molecular weight excluding hydrogens is 209 g/mol. The summed E-state index contributed by atoms with van der Waals surface area (Å²) in [7, 11) is 0. The lowest BCUT2D eigenvalue weighted by atomic mass is 9.85. The van der Waals surface area contributed by atoms with Gasteiger partial charge >= 0.3 is 6.18 Å². The molecule has 0 aromatic carbocycles. The standard InChI is InChI=1S/C9H15F3N2O/c10-9(11,12)6-14-7(15)8(5-13)3-1-2-4-8/h1-6,13H2,(H,14,15). The van der Waals surface area contributed by atoms with Crippen molar-refractivity contribution in [2.75, 3.05) is 13.1 Å². The molecule has 1 fully saturated rings. The van der Waals surface area contributed by atoms with Gasteiger partial charge in [0.05, 0.1) is 5.41 Å². The highest BCUT2D eigenvalue weighted by Crippen LogP contribution is 2.37. The van der Waals surface area contributed by atoms with Crippen molar-refractivity contribution < 1.29 is 18.0 Å². The second kappa shape index (κ2) is 4.38. The molecule has 0 bridgehead atoms. The molecule has 88 valence electrons. The summed E-state index contributed by atoms with van der Waals surface area (Å²) < 4.78 is 35.7. The van der Waals surface area contributed by atoms with E-state index in [1.165, 1.54) is 0 Å². The largest absolute Gasteiger partial charge is 0.405 e. The number of rotatable bonds is 3. The molecule has 0 aliphatic heterocycles. The zero-order valence-corrected chi connectivity index (χ0v) is 8.36. The summed E-state index contributed by atoms with van der Waals surface area (Å²) in [6.07, 6.45) is -1.46. The predicted molar refractivity (Wildman–Crippen MR) is 49.0 cm³/mol. The highest BCUT2D eigenvalue weighted by Gasteiger charge is 2.41. The molecule has 1 saturated carbocycles. The lowest BCUT2D eigenvalue weighted by Gasteiger charge is -2.25. The molecule has 0 aromatic heterocycles. The van der Waals surface area contributed by atoms with Crippen molar-refractivity contribution in [3.8, 4) is 0 Å². The lowest BCUT2D eigenvalue weighted by molar-refractivity contribution is -0.144. The third-order valence-corrected chi connectivity index (χ3v) is 2.88. The van der Waals surface area contributed by atoms with Crippen LogP contribution in [0.1, 0.15) is 25.7 Å². The molecule has 3 nitrogen and oxygen atoms in total. The monoisotopic (exact) mass is 224 g/mol. The summed E-state index contributed by atoms with van der Waals surface area (Å²) in [4.78, 5) is 11.6. The molecule has 1 rings (SSSR count). The van der Waals surface area contributed by atoms with Crippen LogP contribution < -0.4 is 11.1 Å². The van der Waals surface area contributed by atoms with Gasteiger partial charge in [0.2, 0.25) is 5.91 Å². The van der Waals surface area contributed by atoms with Crippen molar-refractivity contribution in [3.05, 3.63) is 0 Å². The maximum absolute atomic E-state index is 11.9. The topological polar surface area (TPSA) is 55.1 Å². The zero-order chi connectivity index (χ0) is 11.5. The van der Waals surface area contributed by atoms with Gasteiger partial charge in [0.25, 0.3) is 0 Å². The predicted octanol–water partition coefficient (Wildman–Crippen LogP) is 1.18. The number of halogens is 3. The Kier molecular flexibility index (Phi) is 3.59. The average molecular weight is 224 g/mol. The highest BCUT2D eigenvalue weighted by molar-refractivity contribution is 5.83. The van der Waals surface area contributed by atoms with E-state index in [1.807, 2.05) is 5.32 Å². The first-order chi connectivity index (χ1) is 6.90. The molecule has 1 aliphatic rings. The lowest BCUT2D eigenvalue weighted by Crippen LogP contribution is -2.46. The molecule has 6 heteroatoms. The Balaban J connectivity index is 2.51. The van der Waals surface area contributed by atoms with Gasteiger partial charge in [-0.15, -0.1) is 0 Å². The maximum atomic E-state index is 11.9. The molecule has 0 radical (unpaired) electrons. The number of carbonyl (C=O) groups excluding carboxylic acids is 1. The van der Waals surface area contributed by atoms with Crippen LogP contribution in [0.4, 0.5) is 13.2 Å². The van der Waals surface area contributed by atoms with Crippen molar-refractivity contribution in [2.24, 2.45) is 11.1 Å². The second-order valence-corrected chi connectivity index (χ2v) is 3.99. The van der Waals surface area contributed by atoms with E-state index in [2.05, 4.69) is 0 Å². The van der Waals surface area contributed by atoms with Crippen molar-refractivity contribution in [1.29, 1.82) is 0 Å². The van der Waals surface area contributed by atoms with Gasteiger partial charge < -0.3 is 11.1 Å². The minimum Gasteiger partial charge on any atom is -0.346 e. The van der Waals surface area contributed by atoms with Crippen LogP contribution in [0.2, 0.25) is 0 Å². The summed E-state index contributed by atoms with van der Waals surface area (Å²) in [6, 6.07) is 0. The molecule has 0 heterocycles. The van der Waals surface area contributed by atoms with Crippen LogP contribution in [0.15, 0.2) is 0 Å². The number of carbonyl (C=O) groups is 1. The molecule has 0 unspecified atom stereocenters. The number of hydrogen-bond acceptors (Lipinski definition) is 2. The van der Waals surface area contributed by atoms with E-state index < -0.39 is 24.0 Å². The minimum atomic E-state index is -4.36. The first kappa shape index (κ1) is 12.3. The Hall–Kier alpha value is -0.780. The Morgan fingerprint density at radius 1 is 1.33 bits per heavy atom. The Morgan fingerprint density at radius 2 is 1.87 bits per heavy atom. The number of amides is 1. The van der Waals surface area contributed by atoms with Gasteiger partial charge in [0.15, 0.2) is 0 Å². The van der Waals surface area contributed by atoms with Crippen molar-refractivity contribution >= 4 is 5.91 Å². The Bertz CT molecular complexity index is 234. The fourth-order valence-electron chi connectivity index (χ4n) is 1.94. The molecule has 15 heavy (non-hydrogen) atoms. The molecule has 0 aromatic rings. The summed E-state index contributed by atoms with van der Waals surface area (Å²) >= 11 is 0. The maximum Gasteiger partial charge on any atom is 0.405 e. The van der Waals surface area contributed by atoms with E-state index in [4.69, 9.17) is 5.73 Å². The fourth-order valence-corrected chi connectivity index (χ4v) is 1.94. The van der Waals surface area contributed by atoms with Gasteiger partial charge in [-0.25, -0.2) is 0 Å². The van der Waals surface area contributed by atoms with E-state index in [0.717, 1.165) is 12.8 Å². The first-order valence-corrected chi connectivity index (χ1v) is 4.95. The molecule has 3 N–H and O–H groups in total. The molecule has 0 atom stereocenters. The van der Waals surface area contributed by atoms with Crippen LogP contribution in [0.5, 0.6) is 0 Å². The fraction of sp³-hybridized carbons (Fsp3) is 0.889. The molecular formula is C9H15F3N2O. The normalized spacial score (nSPS) is 20.3. The number of nitrogens with two attached hydrogens (primary N) is 1. The van der Waals surface area contributed by atoms with Crippen LogP contribution in [0.25, 0.3) is 0 Å². The Labute approximate surface area is 86.2 Å². The van der Waals surface area contributed by atoms with E-state index >= 15 is 0 Å². The van der Waals surface area contributed by atoms with E-state index in [9.17, 15) is 18.0 Å². The van der Waals surface area contributed by atoms with E-state index in [1.54, 1.807) is 0 Å². The van der Waals surface area contributed by atoms with Crippen LogP contribution in [0, 0.1) is 5.41 Å². The van der Waals surface area contributed by atoms with Crippen molar-refractivity contribution in [3.63, 3.8) is 0 Å². The van der Waals surface area contributed by atoms with Crippen LogP contribution >= 0.6 is 0 Å². The van der Waals surface area contributed by atoms with Crippen molar-refractivity contribution in [1.82, 2.24) is 5.32 Å². The highest BCUT2D eigenvalue weighted by atomic mass is 19.4. The van der Waals surface area contributed by atoms with Crippen LogP contribution in [0.3, 0.4) is 0 Å². The van der Waals surface area contributed by atoms with E-state index in [0.29, 0.717) is 12.8 Å². The van der Waals surface area contributed by atoms with Crippen molar-refractivity contribution in [2.45, 2.75) is 31.9 Å². The summed E-state index contributed by atoms with van der Waals surface area (Å²) in [5, 5.41) is 1.91. The van der Waals surface area contributed by atoms with Gasteiger partial charge in [0, 0.05) is 6.54 Å². The first-order valence-electron chi connectivity index (χ1n) is 4.95. The van der Waals surface area contributed by atoms with Gasteiger partial charge in [-0.2, -0.15) is 13.2 Å². The van der Waals surface area contributed by atoms with Crippen LogP contribution in [-0.4, -0.2) is 25.2 Å².